The lowest BCUT2D eigenvalue weighted by Gasteiger charge is -2.30. The number of benzene rings is 1. The summed E-state index contributed by atoms with van der Waals surface area (Å²) in [6.07, 6.45) is 1.55. The van der Waals surface area contributed by atoms with Crippen molar-refractivity contribution in [2.24, 2.45) is 0 Å². The molecule has 1 fully saturated rings. The van der Waals surface area contributed by atoms with Crippen LogP contribution in [0.2, 0.25) is 0 Å². The Balaban J connectivity index is 1.86. The number of nitrogens with zero attached hydrogens (tertiary/aromatic N) is 2. The standard InChI is InChI=1S/C19H24F2N4O2/c1-12(22-2)3-4-13(11-26)25-10-15-14(19(25)27)9-16(20)18(17(15)21)24-7-5-23-6-8-24/h9,11,13,22-23H,1,3-8,10H2,2H3. The zero-order valence-electron chi connectivity index (χ0n) is 15.4. The molecule has 2 N–H and O–H groups in total. The fourth-order valence-corrected chi connectivity index (χ4v) is 3.58. The van der Waals surface area contributed by atoms with Crippen molar-refractivity contribution in [3.8, 4) is 0 Å². The molecule has 0 saturated carbocycles. The summed E-state index contributed by atoms with van der Waals surface area (Å²) in [6, 6.07) is 0.395. The van der Waals surface area contributed by atoms with Gasteiger partial charge in [0.1, 0.15) is 17.8 Å². The van der Waals surface area contributed by atoms with E-state index in [0.29, 0.717) is 45.3 Å². The highest BCUT2D eigenvalue weighted by Gasteiger charge is 2.37. The minimum Gasteiger partial charge on any atom is -0.392 e. The minimum absolute atomic E-state index is 0.00294. The number of anilines is 1. The van der Waals surface area contributed by atoms with Crippen LogP contribution in [0.4, 0.5) is 14.5 Å². The van der Waals surface area contributed by atoms with Crippen molar-refractivity contribution in [2.45, 2.75) is 25.4 Å². The number of amides is 1. The summed E-state index contributed by atoms with van der Waals surface area (Å²) in [4.78, 5) is 27.2. The fraction of sp³-hybridized carbons (Fsp3) is 0.474. The number of carbonyl (C=O) groups excluding carboxylic acids is 2. The molecule has 2 heterocycles. The molecule has 8 heteroatoms. The average Bonchev–Trinajstić information content (AvgIpc) is 3.00. The molecule has 1 aromatic rings. The molecule has 0 aliphatic carbocycles. The fourth-order valence-electron chi connectivity index (χ4n) is 3.58. The number of piperazine rings is 1. The van der Waals surface area contributed by atoms with E-state index in [9.17, 15) is 14.0 Å². The van der Waals surface area contributed by atoms with E-state index >= 15 is 4.39 Å². The van der Waals surface area contributed by atoms with Gasteiger partial charge in [-0.1, -0.05) is 6.58 Å². The van der Waals surface area contributed by atoms with Crippen LogP contribution in [-0.4, -0.2) is 56.4 Å². The Morgan fingerprint density at radius 2 is 2.11 bits per heavy atom. The van der Waals surface area contributed by atoms with Gasteiger partial charge in [-0.15, -0.1) is 0 Å². The first-order valence-electron chi connectivity index (χ1n) is 9.06. The Morgan fingerprint density at radius 1 is 1.41 bits per heavy atom. The van der Waals surface area contributed by atoms with Crippen molar-refractivity contribution < 1.29 is 18.4 Å². The van der Waals surface area contributed by atoms with Crippen molar-refractivity contribution in [1.82, 2.24) is 15.5 Å². The number of carbonyl (C=O) groups is 2. The first-order valence-corrected chi connectivity index (χ1v) is 9.06. The predicted octanol–water partition coefficient (Wildman–Crippen LogP) is 1.41. The molecule has 0 spiro atoms. The van der Waals surface area contributed by atoms with E-state index < -0.39 is 23.6 Å². The van der Waals surface area contributed by atoms with E-state index in [1.807, 2.05) is 0 Å². The van der Waals surface area contributed by atoms with E-state index in [4.69, 9.17) is 0 Å². The van der Waals surface area contributed by atoms with Gasteiger partial charge in [0.25, 0.3) is 5.91 Å². The molecule has 6 nitrogen and oxygen atoms in total. The molecule has 0 radical (unpaired) electrons. The highest BCUT2D eigenvalue weighted by atomic mass is 19.1. The molecule has 27 heavy (non-hydrogen) atoms. The molecule has 1 unspecified atom stereocenters. The topological polar surface area (TPSA) is 64.7 Å². The molecule has 1 atom stereocenters. The van der Waals surface area contributed by atoms with Crippen molar-refractivity contribution >= 4 is 17.9 Å². The number of hydrogen-bond donors (Lipinski definition) is 2. The largest absolute Gasteiger partial charge is 0.392 e. The second-order valence-electron chi connectivity index (χ2n) is 6.81. The number of aldehydes is 1. The third kappa shape index (κ3) is 3.66. The summed E-state index contributed by atoms with van der Waals surface area (Å²) in [5.74, 6) is -1.96. The van der Waals surface area contributed by atoms with Crippen molar-refractivity contribution in [2.75, 3.05) is 38.1 Å². The summed E-state index contributed by atoms with van der Waals surface area (Å²) in [5, 5.41) is 6.03. The maximum absolute atomic E-state index is 15.1. The van der Waals surface area contributed by atoms with Gasteiger partial charge in [-0.05, 0) is 18.9 Å². The highest BCUT2D eigenvalue weighted by Crippen LogP contribution is 2.35. The minimum atomic E-state index is -0.741. The van der Waals surface area contributed by atoms with Gasteiger partial charge in [-0.25, -0.2) is 8.78 Å². The number of allylic oxidation sites excluding steroid dienone is 1. The first kappa shape index (κ1) is 19.3. The van der Waals surface area contributed by atoms with Crippen LogP contribution >= 0.6 is 0 Å². The lowest BCUT2D eigenvalue weighted by molar-refractivity contribution is -0.112. The molecule has 1 aromatic carbocycles. The molecule has 3 rings (SSSR count). The van der Waals surface area contributed by atoms with Gasteiger partial charge in [-0.3, -0.25) is 4.79 Å². The molecule has 146 valence electrons. The van der Waals surface area contributed by atoms with Gasteiger partial charge in [-0.2, -0.15) is 0 Å². The van der Waals surface area contributed by atoms with Crippen molar-refractivity contribution in [1.29, 1.82) is 0 Å². The summed E-state index contributed by atoms with van der Waals surface area (Å²) in [7, 11) is 1.73. The molecule has 1 saturated heterocycles. The van der Waals surface area contributed by atoms with Crippen LogP contribution in [-0.2, 0) is 11.3 Å². The Hall–Kier alpha value is -2.48. The number of hydrogen-bond acceptors (Lipinski definition) is 5. The third-order valence-electron chi connectivity index (χ3n) is 5.20. The molecular formula is C19H24F2N4O2. The predicted molar refractivity (Wildman–Crippen MR) is 98.6 cm³/mol. The van der Waals surface area contributed by atoms with Crippen LogP contribution < -0.4 is 15.5 Å². The summed E-state index contributed by atoms with van der Waals surface area (Å²) in [5.41, 5.74) is 0.817. The van der Waals surface area contributed by atoms with E-state index in [2.05, 4.69) is 17.2 Å². The van der Waals surface area contributed by atoms with Crippen LogP contribution in [0.15, 0.2) is 18.3 Å². The second-order valence-corrected chi connectivity index (χ2v) is 6.81. The highest BCUT2D eigenvalue weighted by molar-refractivity contribution is 6.00. The monoisotopic (exact) mass is 378 g/mol. The molecule has 2 aliphatic heterocycles. The normalized spacial score (nSPS) is 17.7. The zero-order valence-corrected chi connectivity index (χ0v) is 15.4. The third-order valence-corrected chi connectivity index (χ3v) is 5.20. The molecule has 0 aromatic heterocycles. The van der Waals surface area contributed by atoms with E-state index in [1.54, 1.807) is 11.9 Å². The Kier molecular flexibility index (Phi) is 5.74. The SMILES string of the molecule is C=C(CCC(C=O)N1Cc2c(cc(F)c(N3CCNCC3)c2F)C1=O)NC. The smallest absolute Gasteiger partial charge is 0.255 e. The Labute approximate surface area is 157 Å². The van der Waals surface area contributed by atoms with E-state index in [-0.39, 0.29) is 23.4 Å². The molecule has 1 amide bonds. The second kappa shape index (κ2) is 8.04. The van der Waals surface area contributed by atoms with Gasteiger partial charge in [0.05, 0.1) is 18.2 Å². The zero-order chi connectivity index (χ0) is 19.6. The van der Waals surface area contributed by atoms with Gasteiger partial charge in [0.2, 0.25) is 0 Å². The van der Waals surface area contributed by atoms with Crippen LogP contribution in [0.5, 0.6) is 0 Å². The molecule has 2 aliphatic rings. The van der Waals surface area contributed by atoms with Crippen molar-refractivity contribution in [3.63, 3.8) is 0 Å². The van der Waals surface area contributed by atoms with Crippen LogP contribution in [0.1, 0.15) is 28.8 Å². The average molecular weight is 378 g/mol. The number of rotatable bonds is 7. The molecular weight excluding hydrogens is 354 g/mol. The number of fused-ring (bicyclic) bond motifs is 1. The summed E-state index contributed by atoms with van der Waals surface area (Å²) >= 11 is 0. The quantitative estimate of drug-likeness (QED) is 0.703. The van der Waals surface area contributed by atoms with E-state index in [0.717, 1.165) is 11.8 Å². The van der Waals surface area contributed by atoms with Gasteiger partial charge in [0, 0.05) is 44.5 Å². The lowest BCUT2D eigenvalue weighted by Crippen LogP contribution is -2.44. The van der Waals surface area contributed by atoms with Gasteiger partial charge >= 0.3 is 0 Å². The number of nitrogens with one attached hydrogen (secondary N) is 2. The van der Waals surface area contributed by atoms with E-state index in [1.165, 1.54) is 4.90 Å². The van der Waals surface area contributed by atoms with Crippen molar-refractivity contribution in [3.05, 3.63) is 41.1 Å². The first-order chi connectivity index (χ1) is 13.0. The van der Waals surface area contributed by atoms with Crippen LogP contribution in [0.3, 0.4) is 0 Å². The van der Waals surface area contributed by atoms with Crippen LogP contribution in [0.25, 0.3) is 0 Å². The maximum Gasteiger partial charge on any atom is 0.255 e. The Bertz CT molecular complexity index is 763. The lowest BCUT2D eigenvalue weighted by atomic mass is 10.1. The maximum atomic E-state index is 15.1. The molecule has 0 bridgehead atoms. The summed E-state index contributed by atoms with van der Waals surface area (Å²) in [6.45, 7) is 6.04. The van der Waals surface area contributed by atoms with Crippen LogP contribution in [0, 0.1) is 11.6 Å². The Morgan fingerprint density at radius 3 is 2.74 bits per heavy atom. The number of halogens is 2. The van der Waals surface area contributed by atoms with Gasteiger partial charge < -0.3 is 25.2 Å². The summed E-state index contributed by atoms with van der Waals surface area (Å²) < 4.78 is 29.7. The van der Waals surface area contributed by atoms with Gasteiger partial charge in [0.15, 0.2) is 5.82 Å².